The topological polar surface area (TPSA) is 53.2 Å². The van der Waals surface area contributed by atoms with E-state index >= 15 is 0 Å². The van der Waals surface area contributed by atoms with Crippen molar-refractivity contribution in [2.75, 3.05) is 18.5 Å². The summed E-state index contributed by atoms with van der Waals surface area (Å²) in [4.78, 5) is 2.77. The van der Waals surface area contributed by atoms with Gasteiger partial charge < -0.3 is 10.1 Å². The average Bonchev–Trinajstić information content (AvgIpc) is 3.18. The molecule has 1 aromatic carbocycles. The minimum Gasteiger partial charge on any atom is -0.382 e. The van der Waals surface area contributed by atoms with Crippen LogP contribution in [0.3, 0.4) is 0 Å². The molecule has 25 heavy (non-hydrogen) atoms. The van der Waals surface area contributed by atoms with Crippen LogP contribution in [0.4, 0.5) is 5.69 Å². The molecule has 5 heteroatoms. The van der Waals surface area contributed by atoms with E-state index in [2.05, 4.69) is 38.6 Å². The van der Waals surface area contributed by atoms with E-state index in [9.17, 15) is 0 Å². The lowest BCUT2D eigenvalue weighted by Crippen LogP contribution is -2.50. The van der Waals surface area contributed by atoms with Crippen LogP contribution in [0, 0.1) is 0 Å². The van der Waals surface area contributed by atoms with Gasteiger partial charge in [0.15, 0.2) is 0 Å². The summed E-state index contributed by atoms with van der Waals surface area (Å²) < 4.78 is 5.99. The fraction of sp³-hybridized carbons (Fsp3) is 0.650. The van der Waals surface area contributed by atoms with Gasteiger partial charge in [0.1, 0.15) is 0 Å². The van der Waals surface area contributed by atoms with Crippen molar-refractivity contribution in [3.05, 3.63) is 24.4 Å². The molecule has 3 atom stereocenters. The van der Waals surface area contributed by atoms with E-state index in [4.69, 9.17) is 4.74 Å². The zero-order chi connectivity index (χ0) is 16.6. The second kappa shape index (κ2) is 6.61. The highest BCUT2D eigenvalue weighted by Gasteiger charge is 2.41. The molecule has 5 nitrogen and oxygen atoms in total. The number of fused-ring (bicyclic) bond motifs is 3. The van der Waals surface area contributed by atoms with Gasteiger partial charge in [0.05, 0.1) is 17.8 Å². The SMILES string of the molecule is c1cc2[nH]ncc2cc1NC1CC2CCC(C1)N2CC1CCCCO1. The molecule has 0 spiro atoms. The molecule has 3 saturated heterocycles. The van der Waals surface area contributed by atoms with Crippen molar-refractivity contribution >= 4 is 16.6 Å². The first kappa shape index (κ1) is 15.6. The maximum atomic E-state index is 5.99. The van der Waals surface area contributed by atoms with E-state index in [-0.39, 0.29) is 0 Å². The predicted octanol–water partition coefficient (Wildman–Crippen LogP) is 3.54. The van der Waals surface area contributed by atoms with Crippen molar-refractivity contribution in [3.8, 4) is 0 Å². The lowest BCUT2D eigenvalue weighted by molar-refractivity contribution is -0.0224. The van der Waals surface area contributed by atoms with Gasteiger partial charge in [0, 0.05) is 42.4 Å². The number of anilines is 1. The number of rotatable bonds is 4. The molecule has 3 aliphatic rings. The van der Waals surface area contributed by atoms with Crippen LogP contribution >= 0.6 is 0 Å². The Balaban J connectivity index is 1.23. The first-order valence-corrected chi connectivity index (χ1v) is 9.92. The van der Waals surface area contributed by atoms with Crippen molar-refractivity contribution in [2.45, 2.75) is 69.2 Å². The van der Waals surface area contributed by atoms with Crippen LogP contribution in [-0.2, 0) is 4.74 Å². The molecule has 134 valence electrons. The highest BCUT2D eigenvalue weighted by Crippen LogP contribution is 2.37. The maximum absolute atomic E-state index is 5.99. The van der Waals surface area contributed by atoms with Crippen molar-refractivity contribution < 1.29 is 4.74 Å². The highest BCUT2D eigenvalue weighted by molar-refractivity contribution is 5.81. The molecule has 0 aliphatic carbocycles. The van der Waals surface area contributed by atoms with Gasteiger partial charge in [-0.25, -0.2) is 0 Å². The quantitative estimate of drug-likeness (QED) is 0.894. The molecule has 1 aromatic heterocycles. The van der Waals surface area contributed by atoms with Gasteiger partial charge in [-0.15, -0.1) is 0 Å². The number of piperidine rings is 1. The fourth-order valence-corrected chi connectivity index (χ4v) is 5.14. The van der Waals surface area contributed by atoms with Crippen molar-refractivity contribution in [1.82, 2.24) is 15.1 Å². The Morgan fingerprint density at radius 1 is 1.16 bits per heavy atom. The van der Waals surface area contributed by atoms with Crippen LogP contribution in [0.1, 0.15) is 44.9 Å². The standard InChI is InChI=1S/C20H28N4O/c1-2-8-25-19(3-1)13-24-17-5-6-18(24)11-16(10-17)22-15-4-7-20-14(9-15)12-21-23-20/h4,7,9,12,16-19,22H,1-3,5-6,8,10-11,13H2,(H,21,23). The third-order valence-corrected chi connectivity index (χ3v) is 6.38. The number of hydrogen-bond acceptors (Lipinski definition) is 4. The van der Waals surface area contributed by atoms with Crippen LogP contribution in [-0.4, -0.2) is 52.5 Å². The summed E-state index contributed by atoms with van der Waals surface area (Å²) >= 11 is 0. The zero-order valence-electron chi connectivity index (χ0n) is 14.8. The van der Waals surface area contributed by atoms with Crippen LogP contribution in [0.25, 0.3) is 10.9 Å². The third kappa shape index (κ3) is 3.15. The monoisotopic (exact) mass is 340 g/mol. The summed E-state index contributed by atoms with van der Waals surface area (Å²) in [6.45, 7) is 2.12. The molecule has 4 heterocycles. The molecule has 2 aromatic rings. The fourth-order valence-electron chi connectivity index (χ4n) is 5.14. The molecule has 3 aliphatic heterocycles. The number of aromatic amines is 1. The zero-order valence-corrected chi connectivity index (χ0v) is 14.8. The van der Waals surface area contributed by atoms with Gasteiger partial charge in [-0.3, -0.25) is 10.00 Å². The third-order valence-electron chi connectivity index (χ3n) is 6.38. The first-order chi connectivity index (χ1) is 12.3. The van der Waals surface area contributed by atoms with Gasteiger partial charge in [-0.1, -0.05) is 0 Å². The minimum atomic E-state index is 0.477. The van der Waals surface area contributed by atoms with Gasteiger partial charge in [-0.05, 0) is 63.1 Å². The van der Waals surface area contributed by atoms with Crippen molar-refractivity contribution in [2.24, 2.45) is 0 Å². The normalized spacial score (nSPS) is 33.0. The van der Waals surface area contributed by atoms with Crippen LogP contribution in [0.2, 0.25) is 0 Å². The highest BCUT2D eigenvalue weighted by atomic mass is 16.5. The van der Waals surface area contributed by atoms with Crippen LogP contribution < -0.4 is 5.32 Å². The van der Waals surface area contributed by atoms with E-state index in [0.29, 0.717) is 12.1 Å². The molecule has 2 N–H and O–H groups in total. The van der Waals surface area contributed by atoms with E-state index in [1.54, 1.807) is 0 Å². The summed E-state index contributed by atoms with van der Waals surface area (Å²) in [5, 5.41) is 12.1. The molecule has 5 rings (SSSR count). The second-order valence-electron chi connectivity index (χ2n) is 8.06. The average molecular weight is 340 g/mol. The van der Waals surface area contributed by atoms with E-state index in [0.717, 1.165) is 30.8 Å². The molecule has 3 unspecified atom stereocenters. The molecule has 2 bridgehead atoms. The number of H-pyrrole nitrogens is 1. The Morgan fingerprint density at radius 2 is 2.04 bits per heavy atom. The first-order valence-electron chi connectivity index (χ1n) is 9.92. The summed E-state index contributed by atoms with van der Waals surface area (Å²) in [5.41, 5.74) is 2.33. The van der Waals surface area contributed by atoms with Crippen molar-refractivity contribution in [1.29, 1.82) is 0 Å². The molecule has 0 saturated carbocycles. The number of benzene rings is 1. The molecule has 0 amide bonds. The van der Waals surface area contributed by atoms with Crippen LogP contribution in [0.5, 0.6) is 0 Å². The number of ether oxygens (including phenoxy) is 1. The lowest BCUT2D eigenvalue weighted by atomic mass is 9.95. The molecule has 3 fully saturated rings. The van der Waals surface area contributed by atoms with Gasteiger partial charge in [0.25, 0.3) is 0 Å². The van der Waals surface area contributed by atoms with Gasteiger partial charge in [-0.2, -0.15) is 5.10 Å². The summed E-state index contributed by atoms with van der Waals surface area (Å²) in [5.74, 6) is 0. The molecule has 0 radical (unpaired) electrons. The largest absolute Gasteiger partial charge is 0.382 e. The Kier molecular flexibility index (Phi) is 4.14. The lowest BCUT2D eigenvalue weighted by Gasteiger charge is -2.41. The van der Waals surface area contributed by atoms with E-state index in [1.807, 2.05) is 6.20 Å². The number of nitrogens with zero attached hydrogens (tertiary/aromatic N) is 2. The number of hydrogen-bond donors (Lipinski definition) is 2. The predicted molar refractivity (Wildman–Crippen MR) is 99.8 cm³/mol. The Bertz CT molecular complexity index is 709. The second-order valence-corrected chi connectivity index (χ2v) is 8.06. The Labute approximate surface area is 149 Å². The number of aromatic nitrogens is 2. The Hall–Kier alpha value is -1.59. The minimum absolute atomic E-state index is 0.477. The van der Waals surface area contributed by atoms with Crippen LogP contribution in [0.15, 0.2) is 24.4 Å². The number of nitrogens with one attached hydrogen (secondary N) is 2. The van der Waals surface area contributed by atoms with E-state index < -0.39 is 0 Å². The van der Waals surface area contributed by atoms with E-state index in [1.165, 1.54) is 56.0 Å². The molecular formula is C20H28N4O. The Morgan fingerprint density at radius 3 is 2.84 bits per heavy atom. The smallest absolute Gasteiger partial charge is 0.0702 e. The van der Waals surface area contributed by atoms with Gasteiger partial charge in [0.2, 0.25) is 0 Å². The summed E-state index contributed by atoms with van der Waals surface area (Å²) in [6.07, 6.45) is 11.4. The molecular weight excluding hydrogens is 312 g/mol. The van der Waals surface area contributed by atoms with Gasteiger partial charge >= 0.3 is 0 Å². The summed E-state index contributed by atoms with van der Waals surface area (Å²) in [6, 6.07) is 8.56. The maximum Gasteiger partial charge on any atom is 0.0702 e. The summed E-state index contributed by atoms with van der Waals surface area (Å²) in [7, 11) is 0. The van der Waals surface area contributed by atoms with Crippen molar-refractivity contribution in [3.63, 3.8) is 0 Å².